The monoisotopic (exact) mass is 323 g/mol. The molecule has 126 valence electrons. The fourth-order valence-electron chi connectivity index (χ4n) is 1.70. The fraction of sp³-hybridized carbons (Fsp3) is 0.412. The highest BCUT2D eigenvalue weighted by atomic mass is 19.1. The number of hydrogen-bond acceptors (Lipinski definition) is 4. The molecule has 1 aromatic carbocycles. The van der Waals surface area contributed by atoms with Gasteiger partial charge in [0.1, 0.15) is 11.4 Å². The number of alkyl carbamates (subject to hydrolysis) is 1. The summed E-state index contributed by atoms with van der Waals surface area (Å²) in [5, 5.41) is 2.60. The van der Waals surface area contributed by atoms with Crippen molar-refractivity contribution in [3.05, 3.63) is 41.2 Å². The Bertz CT molecular complexity index is 591. The van der Waals surface area contributed by atoms with Gasteiger partial charge in [-0.15, -0.1) is 0 Å². The van der Waals surface area contributed by atoms with E-state index >= 15 is 0 Å². The van der Waals surface area contributed by atoms with E-state index in [-0.39, 0.29) is 11.1 Å². The number of halogens is 1. The molecule has 23 heavy (non-hydrogen) atoms. The first-order valence-electron chi connectivity index (χ1n) is 7.24. The van der Waals surface area contributed by atoms with Crippen LogP contribution in [0.15, 0.2) is 24.3 Å². The maximum absolute atomic E-state index is 13.7. The number of ether oxygens (including phenoxy) is 2. The van der Waals surface area contributed by atoms with Crippen LogP contribution in [0.2, 0.25) is 0 Å². The number of methoxy groups -OCH3 is 1. The number of hydrogen-bond donors (Lipinski definition) is 1. The maximum atomic E-state index is 13.7. The highest BCUT2D eigenvalue weighted by Crippen LogP contribution is 2.13. The van der Waals surface area contributed by atoms with Crippen molar-refractivity contribution in [1.82, 2.24) is 5.32 Å². The van der Waals surface area contributed by atoms with Crippen LogP contribution in [0, 0.1) is 5.82 Å². The van der Waals surface area contributed by atoms with E-state index in [9.17, 15) is 14.0 Å². The third-order valence-corrected chi connectivity index (χ3v) is 2.69. The first-order chi connectivity index (χ1) is 10.7. The van der Waals surface area contributed by atoms with Gasteiger partial charge >= 0.3 is 12.1 Å². The van der Waals surface area contributed by atoms with Crippen molar-refractivity contribution in [2.45, 2.75) is 32.8 Å². The highest BCUT2D eigenvalue weighted by Gasteiger charge is 2.15. The largest absolute Gasteiger partial charge is 0.465 e. The lowest BCUT2D eigenvalue weighted by Crippen LogP contribution is -2.32. The molecule has 0 radical (unpaired) electrons. The van der Waals surface area contributed by atoms with Gasteiger partial charge in [0.15, 0.2) is 0 Å². The topological polar surface area (TPSA) is 64.6 Å². The second-order valence-electron chi connectivity index (χ2n) is 5.85. The number of carbonyl (C=O) groups excluding carboxylic acids is 2. The number of benzene rings is 1. The molecule has 0 aliphatic heterocycles. The summed E-state index contributed by atoms with van der Waals surface area (Å²) in [4.78, 5) is 22.8. The van der Waals surface area contributed by atoms with E-state index in [4.69, 9.17) is 4.74 Å². The second-order valence-corrected chi connectivity index (χ2v) is 5.85. The summed E-state index contributed by atoms with van der Waals surface area (Å²) < 4.78 is 23.4. The Hall–Kier alpha value is -2.37. The van der Waals surface area contributed by atoms with Gasteiger partial charge in [0.2, 0.25) is 0 Å². The molecule has 0 heterocycles. The van der Waals surface area contributed by atoms with Crippen LogP contribution in [0.5, 0.6) is 0 Å². The van der Waals surface area contributed by atoms with Gasteiger partial charge in [0.05, 0.1) is 12.7 Å². The van der Waals surface area contributed by atoms with Gasteiger partial charge in [-0.25, -0.2) is 14.0 Å². The quantitative estimate of drug-likeness (QED) is 0.665. The molecule has 0 fully saturated rings. The van der Waals surface area contributed by atoms with Gasteiger partial charge in [-0.2, -0.15) is 0 Å². The molecule has 0 unspecified atom stereocenters. The Labute approximate surface area is 135 Å². The molecular formula is C17H22FNO4. The minimum Gasteiger partial charge on any atom is -0.465 e. The molecule has 1 rings (SSSR count). The normalized spacial score (nSPS) is 11.3. The first-order valence-corrected chi connectivity index (χ1v) is 7.24. The number of nitrogens with one attached hydrogen (secondary N) is 1. The van der Waals surface area contributed by atoms with Crippen LogP contribution in [0.1, 0.15) is 43.1 Å². The van der Waals surface area contributed by atoms with Crippen LogP contribution < -0.4 is 5.32 Å². The average Bonchev–Trinajstić information content (AvgIpc) is 2.46. The van der Waals surface area contributed by atoms with Gasteiger partial charge in [-0.05, 0) is 45.4 Å². The van der Waals surface area contributed by atoms with Gasteiger partial charge in [0, 0.05) is 12.1 Å². The van der Waals surface area contributed by atoms with E-state index in [1.54, 1.807) is 32.9 Å². The van der Waals surface area contributed by atoms with Crippen molar-refractivity contribution in [3.63, 3.8) is 0 Å². The third-order valence-electron chi connectivity index (χ3n) is 2.69. The second kappa shape index (κ2) is 8.31. The molecule has 5 nitrogen and oxygen atoms in total. The molecule has 0 bridgehead atoms. The first kappa shape index (κ1) is 18.7. The molecule has 1 aromatic rings. The Morgan fingerprint density at radius 3 is 2.61 bits per heavy atom. The molecule has 6 heteroatoms. The molecule has 0 saturated heterocycles. The number of carbonyl (C=O) groups is 2. The molecule has 0 aliphatic carbocycles. The van der Waals surface area contributed by atoms with Gasteiger partial charge < -0.3 is 14.8 Å². The predicted octanol–water partition coefficient (Wildman–Crippen LogP) is 3.54. The molecule has 0 atom stereocenters. The summed E-state index contributed by atoms with van der Waals surface area (Å²) in [5.74, 6) is -0.958. The number of amides is 1. The lowest BCUT2D eigenvalue weighted by molar-refractivity contribution is 0.0527. The summed E-state index contributed by atoms with van der Waals surface area (Å²) in [6.07, 6.45) is 3.26. The SMILES string of the molecule is COC(=O)c1ccc(F)c(C=CCCNC(=O)OC(C)(C)C)c1. The van der Waals surface area contributed by atoms with Gasteiger partial charge in [-0.3, -0.25) is 0 Å². The lowest BCUT2D eigenvalue weighted by atomic mass is 10.1. The molecule has 0 saturated carbocycles. The van der Waals surface area contributed by atoms with E-state index in [1.807, 2.05) is 0 Å². The number of rotatable bonds is 5. The molecule has 1 N–H and O–H groups in total. The van der Waals surface area contributed by atoms with Crippen LogP contribution in [0.4, 0.5) is 9.18 Å². The van der Waals surface area contributed by atoms with Crippen molar-refractivity contribution in [2.75, 3.05) is 13.7 Å². The highest BCUT2D eigenvalue weighted by molar-refractivity contribution is 5.90. The molecule has 1 amide bonds. The molecule has 0 aromatic heterocycles. The molecular weight excluding hydrogens is 301 g/mol. The minimum atomic E-state index is -0.544. The van der Waals surface area contributed by atoms with Crippen LogP contribution in [0.25, 0.3) is 6.08 Å². The Morgan fingerprint density at radius 2 is 2.00 bits per heavy atom. The van der Waals surface area contributed by atoms with Gasteiger partial charge in [-0.1, -0.05) is 12.2 Å². The summed E-state index contributed by atoms with van der Waals surface area (Å²) in [6, 6.07) is 3.99. The van der Waals surface area contributed by atoms with Crippen LogP contribution in [-0.4, -0.2) is 31.3 Å². The summed E-state index contributed by atoms with van der Waals surface area (Å²) in [5.41, 5.74) is 0.0165. The summed E-state index contributed by atoms with van der Waals surface area (Å²) >= 11 is 0. The Kier molecular flexibility index (Phi) is 6.75. The van der Waals surface area contributed by atoms with Crippen molar-refractivity contribution < 1.29 is 23.5 Å². The zero-order valence-electron chi connectivity index (χ0n) is 13.8. The standard InChI is InChI=1S/C17H22FNO4/c1-17(2,3)23-16(21)19-10-6-5-7-12-11-13(15(20)22-4)8-9-14(12)18/h5,7-9,11H,6,10H2,1-4H3,(H,19,21). The summed E-state index contributed by atoms with van der Waals surface area (Å²) in [7, 11) is 1.27. The van der Waals surface area contributed by atoms with Crippen molar-refractivity contribution in [2.24, 2.45) is 0 Å². The van der Waals surface area contributed by atoms with Crippen LogP contribution in [0.3, 0.4) is 0 Å². The van der Waals surface area contributed by atoms with Crippen molar-refractivity contribution >= 4 is 18.1 Å². The van der Waals surface area contributed by atoms with E-state index < -0.39 is 23.5 Å². The molecule has 0 spiro atoms. The Balaban J connectivity index is 2.52. The van der Waals surface area contributed by atoms with Crippen molar-refractivity contribution in [3.8, 4) is 0 Å². The zero-order valence-corrected chi connectivity index (χ0v) is 13.8. The van der Waals surface area contributed by atoms with E-state index in [0.29, 0.717) is 13.0 Å². The average molecular weight is 323 g/mol. The lowest BCUT2D eigenvalue weighted by Gasteiger charge is -2.19. The number of esters is 1. The van der Waals surface area contributed by atoms with Crippen molar-refractivity contribution in [1.29, 1.82) is 0 Å². The fourth-order valence-corrected chi connectivity index (χ4v) is 1.70. The minimum absolute atomic E-state index is 0.278. The van der Waals surface area contributed by atoms with E-state index in [2.05, 4.69) is 10.1 Å². The third kappa shape index (κ3) is 6.95. The maximum Gasteiger partial charge on any atom is 0.407 e. The van der Waals surface area contributed by atoms with Gasteiger partial charge in [0.25, 0.3) is 0 Å². The van der Waals surface area contributed by atoms with Crippen LogP contribution >= 0.6 is 0 Å². The van der Waals surface area contributed by atoms with E-state index in [0.717, 1.165) is 0 Å². The summed E-state index contributed by atoms with van der Waals surface area (Å²) in [6.45, 7) is 5.71. The molecule has 0 aliphatic rings. The Morgan fingerprint density at radius 1 is 1.30 bits per heavy atom. The van der Waals surface area contributed by atoms with E-state index in [1.165, 1.54) is 25.3 Å². The van der Waals surface area contributed by atoms with Crippen LogP contribution in [-0.2, 0) is 9.47 Å². The zero-order chi connectivity index (χ0) is 17.5. The smallest absolute Gasteiger partial charge is 0.407 e. The predicted molar refractivity (Wildman–Crippen MR) is 85.6 cm³/mol.